The Kier molecular flexibility index (Phi) is 4.99. The lowest BCUT2D eigenvalue weighted by atomic mass is 9.85. The molecule has 0 radical (unpaired) electrons. The van der Waals surface area contributed by atoms with Crippen LogP contribution in [0.5, 0.6) is 0 Å². The van der Waals surface area contributed by atoms with Crippen molar-refractivity contribution in [3.63, 3.8) is 0 Å². The number of imidazole rings is 1. The Balaban J connectivity index is 1.75. The minimum Gasteiger partial charge on any atom is -0.347 e. The van der Waals surface area contributed by atoms with E-state index in [2.05, 4.69) is 48.3 Å². The first kappa shape index (κ1) is 14.5. The fraction of sp³-hybridized carbons (Fsp3) is 0.800. The Morgan fingerprint density at radius 1 is 1.32 bits per heavy atom. The number of rotatable bonds is 6. The second-order valence-corrected chi connectivity index (χ2v) is 6.42. The van der Waals surface area contributed by atoms with E-state index in [1.54, 1.807) is 6.33 Å². The van der Waals surface area contributed by atoms with Crippen molar-refractivity contribution >= 4 is 0 Å². The number of H-pyrrole nitrogens is 1. The molecule has 1 unspecified atom stereocenters. The zero-order valence-corrected chi connectivity index (χ0v) is 12.7. The van der Waals surface area contributed by atoms with Crippen molar-refractivity contribution in [1.82, 2.24) is 20.6 Å². The molecule has 2 rings (SSSR count). The summed E-state index contributed by atoms with van der Waals surface area (Å²) in [5.41, 5.74) is 2.48. The summed E-state index contributed by atoms with van der Waals surface area (Å²) >= 11 is 0. The molecule has 0 bridgehead atoms. The van der Waals surface area contributed by atoms with Crippen molar-refractivity contribution in [3.8, 4) is 0 Å². The molecule has 1 aliphatic heterocycles. The minimum absolute atomic E-state index is 0.510. The van der Waals surface area contributed by atoms with Gasteiger partial charge in [-0.25, -0.2) is 4.98 Å². The molecule has 0 spiro atoms. The van der Waals surface area contributed by atoms with Crippen LogP contribution in [0.25, 0.3) is 0 Å². The zero-order valence-electron chi connectivity index (χ0n) is 12.7. The number of aromatic amines is 1. The van der Waals surface area contributed by atoms with Gasteiger partial charge in [0.15, 0.2) is 0 Å². The van der Waals surface area contributed by atoms with E-state index in [-0.39, 0.29) is 0 Å². The average Bonchev–Trinajstić information content (AvgIpc) is 2.80. The van der Waals surface area contributed by atoms with Gasteiger partial charge in [0.2, 0.25) is 0 Å². The number of nitrogens with one attached hydrogen (secondary N) is 3. The summed E-state index contributed by atoms with van der Waals surface area (Å²) in [5.74, 6) is 2.24. The SMILES string of the molecule is CC(C)C(CNCC1Cc2nc[nH]c2CN1)C(C)C. The first-order chi connectivity index (χ1) is 9.08. The monoisotopic (exact) mass is 264 g/mol. The molecule has 1 atom stereocenters. The highest BCUT2D eigenvalue weighted by atomic mass is 15.0. The quantitative estimate of drug-likeness (QED) is 0.736. The van der Waals surface area contributed by atoms with Crippen molar-refractivity contribution in [2.75, 3.05) is 13.1 Å². The lowest BCUT2D eigenvalue weighted by Crippen LogP contribution is -2.44. The molecule has 0 fully saturated rings. The highest BCUT2D eigenvalue weighted by molar-refractivity contribution is 5.15. The molecule has 19 heavy (non-hydrogen) atoms. The predicted molar refractivity (Wildman–Crippen MR) is 79.0 cm³/mol. The van der Waals surface area contributed by atoms with E-state index < -0.39 is 0 Å². The molecule has 4 heteroatoms. The molecule has 1 aromatic heterocycles. The molecular formula is C15H28N4. The van der Waals surface area contributed by atoms with Gasteiger partial charge in [-0.05, 0) is 24.3 Å². The van der Waals surface area contributed by atoms with Crippen LogP contribution in [0.4, 0.5) is 0 Å². The summed E-state index contributed by atoms with van der Waals surface area (Å²) < 4.78 is 0. The first-order valence-corrected chi connectivity index (χ1v) is 7.53. The number of hydrogen-bond acceptors (Lipinski definition) is 3. The van der Waals surface area contributed by atoms with Crippen LogP contribution in [0.15, 0.2) is 6.33 Å². The summed E-state index contributed by atoms with van der Waals surface area (Å²) in [6.45, 7) is 12.3. The summed E-state index contributed by atoms with van der Waals surface area (Å²) in [5, 5.41) is 7.20. The molecule has 0 saturated carbocycles. The highest BCUT2D eigenvalue weighted by Crippen LogP contribution is 2.19. The van der Waals surface area contributed by atoms with Gasteiger partial charge >= 0.3 is 0 Å². The van der Waals surface area contributed by atoms with Crippen molar-refractivity contribution in [1.29, 1.82) is 0 Å². The average molecular weight is 264 g/mol. The van der Waals surface area contributed by atoms with E-state index in [1.807, 2.05) is 0 Å². The topological polar surface area (TPSA) is 52.7 Å². The fourth-order valence-electron chi connectivity index (χ4n) is 3.04. The normalized spacial score (nSPS) is 19.4. The van der Waals surface area contributed by atoms with Gasteiger partial charge in [0.05, 0.1) is 17.7 Å². The molecule has 4 nitrogen and oxygen atoms in total. The molecule has 1 aromatic rings. The largest absolute Gasteiger partial charge is 0.347 e. The van der Waals surface area contributed by atoms with E-state index in [0.717, 1.165) is 43.8 Å². The van der Waals surface area contributed by atoms with Gasteiger partial charge < -0.3 is 15.6 Å². The van der Waals surface area contributed by atoms with Gasteiger partial charge in [0.25, 0.3) is 0 Å². The third kappa shape index (κ3) is 3.80. The molecule has 2 heterocycles. The lowest BCUT2D eigenvalue weighted by Gasteiger charge is -2.28. The second-order valence-electron chi connectivity index (χ2n) is 6.42. The van der Waals surface area contributed by atoms with Crippen LogP contribution in [-0.4, -0.2) is 29.1 Å². The second kappa shape index (κ2) is 6.53. The molecule has 108 valence electrons. The number of nitrogens with zero attached hydrogens (tertiary/aromatic N) is 1. The Morgan fingerprint density at radius 3 is 2.74 bits per heavy atom. The van der Waals surface area contributed by atoms with Crippen LogP contribution in [0.1, 0.15) is 39.1 Å². The maximum Gasteiger partial charge on any atom is 0.0925 e. The van der Waals surface area contributed by atoms with Crippen LogP contribution in [-0.2, 0) is 13.0 Å². The van der Waals surface area contributed by atoms with Crippen molar-refractivity contribution < 1.29 is 0 Å². The van der Waals surface area contributed by atoms with Crippen molar-refractivity contribution in [3.05, 3.63) is 17.7 Å². The van der Waals surface area contributed by atoms with Gasteiger partial charge in [-0.15, -0.1) is 0 Å². The standard InChI is InChI=1S/C15H28N4/c1-10(2)13(11(3)4)7-16-6-12-5-14-15(8-17-12)19-9-18-14/h9-13,16-17H,5-8H2,1-4H3,(H,18,19). The Hall–Kier alpha value is -0.870. The molecule has 1 aliphatic rings. The number of aromatic nitrogens is 2. The smallest absolute Gasteiger partial charge is 0.0925 e. The van der Waals surface area contributed by atoms with Crippen LogP contribution >= 0.6 is 0 Å². The van der Waals surface area contributed by atoms with Crippen molar-refractivity contribution in [2.45, 2.75) is 46.7 Å². The third-order valence-corrected chi connectivity index (χ3v) is 4.30. The summed E-state index contributed by atoms with van der Waals surface area (Å²) in [6, 6.07) is 0.510. The van der Waals surface area contributed by atoms with E-state index in [9.17, 15) is 0 Å². The zero-order chi connectivity index (χ0) is 13.8. The van der Waals surface area contributed by atoms with Gasteiger partial charge in [-0.1, -0.05) is 27.7 Å². The summed E-state index contributed by atoms with van der Waals surface area (Å²) in [4.78, 5) is 7.57. The Bertz CT molecular complexity index is 375. The highest BCUT2D eigenvalue weighted by Gasteiger charge is 2.21. The Morgan fingerprint density at radius 2 is 2.05 bits per heavy atom. The maximum atomic E-state index is 4.38. The van der Waals surface area contributed by atoms with E-state index >= 15 is 0 Å². The Labute approximate surface area is 116 Å². The maximum absolute atomic E-state index is 4.38. The predicted octanol–water partition coefficient (Wildman–Crippen LogP) is 1.94. The van der Waals surface area contributed by atoms with E-state index in [0.29, 0.717) is 6.04 Å². The third-order valence-electron chi connectivity index (χ3n) is 4.30. The van der Waals surface area contributed by atoms with Gasteiger partial charge in [-0.3, -0.25) is 0 Å². The minimum atomic E-state index is 0.510. The first-order valence-electron chi connectivity index (χ1n) is 7.53. The van der Waals surface area contributed by atoms with Crippen LogP contribution in [0, 0.1) is 17.8 Å². The number of fused-ring (bicyclic) bond motifs is 1. The fourth-order valence-corrected chi connectivity index (χ4v) is 3.04. The van der Waals surface area contributed by atoms with Crippen LogP contribution in [0.2, 0.25) is 0 Å². The number of hydrogen-bond donors (Lipinski definition) is 3. The van der Waals surface area contributed by atoms with Crippen LogP contribution in [0.3, 0.4) is 0 Å². The lowest BCUT2D eigenvalue weighted by molar-refractivity contribution is 0.270. The van der Waals surface area contributed by atoms with Crippen LogP contribution < -0.4 is 10.6 Å². The van der Waals surface area contributed by atoms with Gasteiger partial charge in [0.1, 0.15) is 0 Å². The van der Waals surface area contributed by atoms with Crippen molar-refractivity contribution in [2.24, 2.45) is 17.8 Å². The summed E-state index contributed by atoms with van der Waals surface area (Å²) in [6.07, 6.45) is 2.83. The molecular weight excluding hydrogens is 236 g/mol. The van der Waals surface area contributed by atoms with Gasteiger partial charge in [-0.2, -0.15) is 0 Å². The van der Waals surface area contributed by atoms with E-state index in [4.69, 9.17) is 0 Å². The van der Waals surface area contributed by atoms with E-state index in [1.165, 1.54) is 11.4 Å². The molecule has 0 saturated heterocycles. The van der Waals surface area contributed by atoms with Gasteiger partial charge in [0, 0.05) is 25.6 Å². The molecule has 0 aliphatic carbocycles. The molecule has 0 aromatic carbocycles. The molecule has 3 N–H and O–H groups in total. The molecule has 0 amide bonds. The summed E-state index contributed by atoms with van der Waals surface area (Å²) in [7, 11) is 0.